The molecule has 104 valence electrons. The molecule has 0 aliphatic carbocycles. The smallest absolute Gasteiger partial charge is 0.224 e. The van der Waals surface area contributed by atoms with Crippen molar-refractivity contribution in [3.8, 4) is 0 Å². The SMILES string of the molecule is CCC(=O)Nc1cccnc1Nc1cc(F)cc(F)c1. The largest absolute Gasteiger partial charge is 0.338 e. The van der Waals surface area contributed by atoms with Gasteiger partial charge in [0.2, 0.25) is 5.91 Å². The molecule has 2 N–H and O–H groups in total. The summed E-state index contributed by atoms with van der Waals surface area (Å²) in [6, 6.07) is 6.37. The van der Waals surface area contributed by atoms with Gasteiger partial charge in [-0.2, -0.15) is 0 Å². The third-order valence-corrected chi connectivity index (χ3v) is 2.53. The Morgan fingerprint density at radius 3 is 2.60 bits per heavy atom. The van der Waals surface area contributed by atoms with Crippen LogP contribution in [0, 0.1) is 11.6 Å². The lowest BCUT2D eigenvalue weighted by Crippen LogP contribution is -2.11. The van der Waals surface area contributed by atoms with Crippen LogP contribution in [0.2, 0.25) is 0 Å². The summed E-state index contributed by atoms with van der Waals surface area (Å²) in [6.07, 6.45) is 1.84. The van der Waals surface area contributed by atoms with E-state index >= 15 is 0 Å². The molecule has 0 atom stereocenters. The van der Waals surface area contributed by atoms with Crippen LogP contribution in [0.25, 0.3) is 0 Å². The summed E-state index contributed by atoms with van der Waals surface area (Å²) in [5.74, 6) is -1.24. The molecule has 0 saturated heterocycles. The zero-order valence-corrected chi connectivity index (χ0v) is 10.8. The molecule has 0 aliphatic rings. The van der Waals surface area contributed by atoms with E-state index in [4.69, 9.17) is 0 Å². The Bertz CT molecular complexity index is 611. The summed E-state index contributed by atoms with van der Waals surface area (Å²) in [7, 11) is 0. The molecule has 1 aromatic heterocycles. The number of rotatable bonds is 4. The highest BCUT2D eigenvalue weighted by Crippen LogP contribution is 2.24. The first-order valence-corrected chi connectivity index (χ1v) is 6.06. The van der Waals surface area contributed by atoms with Gasteiger partial charge in [-0.3, -0.25) is 4.79 Å². The number of nitrogens with one attached hydrogen (secondary N) is 2. The van der Waals surface area contributed by atoms with Gasteiger partial charge in [-0.05, 0) is 24.3 Å². The minimum absolute atomic E-state index is 0.175. The quantitative estimate of drug-likeness (QED) is 0.900. The van der Waals surface area contributed by atoms with Crippen LogP contribution in [0.5, 0.6) is 0 Å². The molecule has 1 heterocycles. The number of carbonyl (C=O) groups is 1. The van der Waals surface area contributed by atoms with Gasteiger partial charge in [0, 0.05) is 24.4 Å². The standard InChI is InChI=1S/C14H13F2N3O/c1-2-13(20)19-12-4-3-5-17-14(12)18-11-7-9(15)6-10(16)8-11/h3-8H,2H2,1H3,(H,17,18)(H,19,20). The number of amides is 1. The Morgan fingerprint density at radius 2 is 1.95 bits per heavy atom. The lowest BCUT2D eigenvalue weighted by Gasteiger charge is -2.11. The van der Waals surface area contributed by atoms with Gasteiger partial charge in [-0.15, -0.1) is 0 Å². The molecule has 0 saturated carbocycles. The molecule has 20 heavy (non-hydrogen) atoms. The second-order valence-corrected chi connectivity index (χ2v) is 4.08. The van der Waals surface area contributed by atoms with Crippen LogP contribution in [0.3, 0.4) is 0 Å². The van der Waals surface area contributed by atoms with Crippen LogP contribution in [0.4, 0.5) is 26.0 Å². The minimum Gasteiger partial charge on any atom is -0.338 e. The van der Waals surface area contributed by atoms with E-state index in [-0.39, 0.29) is 11.6 Å². The molecule has 6 heteroatoms. The molecule has 0 fully saturated rings. The van der Waals surface area contributed by atoms with Gasteiger partial charge in [0.15, 0.2) is 5.82 Å². The lowest BCUT2D eigenvalue weighted by molar-refractivity contribution is -0.115. The van der Waals surface area contributed by atoms with Gasteiger partial charge in [0.1, 0.15) is 11.6 Å². The molecule has 0 radical (unpaired) electrons. The maximum absolute atomic E-state index is 13.1. The van der Waals surface area contributed by atoms with Gasteiger partial charge < -0.3 is 10.6 Å². The fraction of sp³-hybridized carbons (Fsp3) is 0.143. The van der Waals surface area contributed by atoms with Crippen molar-refractivity contribution in [3.63, 3.8) is 0 Å². The van der Waals surface area contributed by atoms with Crippen molar-refractivity contribution in [2.75, 3.05) is 10.6 Å². The monoisotopic (exact) mass is 277 g/mol. The van der Waals surface area contributed by atoms with Crippen molar-refractivity contribution in [1.82, 2.24) is 4.98 Å². The number of carbonyl (C=O) groups excluding carboxylic acids is 1. The molecule has 4 nitrogen and oxygen atoms in total. The zero-order chi connectivity index (χ0) is 14.5. The second-order valence-electron chi connectivity index (χ2n) is 4.08. The summed E-state index contributed by atoms with van der Waals surface area (Å²) in [5, 5.41) is 5.44. The molecular weight excluding hydrogens is 264 g/mol. The van der Waals surface area contributed by atoms with Crippen molar-refractivity contribution in [1.29, 1.82) is 0 Å². The normalized spacial score (nSPS) is 10.2. The van der Waals surface area contributed by atoms with E-state index in [1.54, 1.807) is 19.1 Å². The van der Waals surface area contributed by atoms with Crippen LogP contribution in [0.15, 0.2) is 36.5 Å². The Labute approximate surface area is 114 Å². The first-order valence-electron chi connectivity index (χ1n) is 6.06. The van der Waals surface area contributed by atoms with E-state index in [0.29, 0.717) is 17.9 Å². The first kappa shape index (κ1) is 13.9. The van der Waals surface area contributed by atoms with Crippen molar-refractivity contribution < 1.29 is 13.6 Å². The Kier molecular flexibility index (Phi) is 4.24. The van der Waals surface area contributed by atoms with E-state index in [1.807, 2.05) is 0 Å². The van der Waals surface area contributed by atoms with Crippen molar-refractivity contribution in [2.45, 2.75) is 13.3 Å². The molecule has 2 rings (SSSR count). The maximum Gasteiger partial charge on any atom is 0.224 e. The zero-order valence-electron chi connectivity index (χ0n) is 10.8. The second kappa shape index (κ2) is 6.10. The van der Waals surface area contributed by atoms with E-state index in [2.05, 4.69) is 15.6 Å². The molecule has 1 aromatic carbocycles. The summed E-state index contributed by atoms with van der Waals surface area (Å²) in [6.45, 7) is 1.72. The third-order valence-electron chi connectivity index (χ3n) is 2.53. The van der Waals surface area contributed by atoms with Crippen LogP contribution >= 0.6 is 0 Å². The van der Waals surface area contributed by atoms with Crippen molar-refractivity contribution >= 4 is 23.1 Å². The highest BCUT2D eigenvalue weighted by molar-refractivity contribution is 5.93. The Hall–Kier alpha value is -2.50. The van der Waals surface area contributed by atoms with Gasteiger partial charge >= 0.3 is 0 Å². The number of hydrogen-bond acceptors (Lipinski definition) is 3. The number of nitrogens with zero attached hydrogens (tertiary/aromatic N) is 1. The van der Waals surface area contributed by atoms with E-state index < -0.39 is 11.6 Å². The van der Waals surface area contributed by atoms with Crippen LogP contribution in [-0.4, -0.2) is 10.9 Å². The number of benzene rings is 1. The van der Waals surface area contributed by atoms with Crippen LogP contribution in [-0.2, 0) is 4.79 Å². The van der Waals surface area contributed by atoms with E-state index in [0.717, 1.165) is 18.2 Å². The lowest BCUT2D eigenvalue weighted by atomic mass is 10.3. The fourth-order valence-electron chi connectivity index (χ4n) is 1.61. The predicted octanol–water partition coefficient (Wildman–Crippen LogP) is 3.45. The van der Waals surface area contributed by atoms with Gasteiger partial charge in [-0.1, -0.05) is 6.92 Å². The summed E-state index contributed by atoms with van der Waals surface area (Å²) < 4.78 is 26.3. The number of aromatic nitrogens is 1. The highest BCUT2D eigenvalue weighted by atomic mass is 19.1. The van der Waals surface area contributed by atoms with Gasteiger partial charge in [0.25, 0.3) is 0 Å². The fourth-order valence-corrected chi connectivity index (χ4v) is 1.61. The first-order chi connectivity index (χ1) is 9.58. The summed E-state index contributed by atoms with van der Waals surface area (Å²) in [4.78, 5) is 15.5. The summed E-state index contributed by atoms with van der Waals surface area (Å²) >= 11 is 0. The Balaban J connectivity index is 2.26. The predicted molar refractivity (Wildman–Crippen MR) is 72.8 cm³/mol. The molecule has 0 bridgehead atoms. The van der Waals surface area contributed by atoms with Crippen molar-refractivity contribution in [2.24, 2.45) is 0 Å². The van der Waals surface area contributed by atoms with Gasteiger partial charge in [-0.25, -0.2) is 13.8 Å². The van der Waals surface area contributed by atoms with E-state index in [1.165, 1.54) is 6.20 Å². The molecule has 0 aliphatic heterocycles. The third kappa shape index (κ3) is 3.50. The molecule has 0 unspecified atom stereocenters. The maximum atomic E-state index is 13.1. The number of pyridine rings is 1. The highest BCUT2D eigenvalue weighted by Gasteiger charge is 2.08. The van der Waals surface area contributed by atoms with Crippen molar-refractivity contribution in [3.05, 3.63) is 48.2 Å². The molecule has 0 spiro atoms. The molecule has 1 amide bonds. The molecular formula is C14H13F2N3O. The number of anilines is 3. The average molecular weight is 277 g/mol. The van der Waals surface area contributed by atoms with Gasteiger partial charge in [0.05, 0.1) is 5.69 Å². The minimum atomic E-state index is -0.692. The topological polar surface area (TPSA) is 54.0 Å². The van der Waals surface area contributed by atoms with Crippen LogP contribution < -0.4 is 10.6 Å². The number of hydrogen-bond donors (Lipinski definition) is 2. The summed E-state index contributed by atoms with van der Waals surface area (Å²) in [5.41, 5.74) is 0.664. The van der Waals surface area contributed by atoms with E-state index in [9.17, 15) is 13.6 Å². The number of halogens is 2. The Morgan fingerprint density at radius 1 is 1.25 bits per heavy atom. The average Bonchev–Trinajstić information content (AvgIpc) is 2.39. The van der Waals surface area contributed by atoms with Crippen LogP contribution in [0.1, 0.15) is 13.3 Å². The molecule has 2 aromatic rings.